The van der Waals surface area contributed by atoms with E-state index in [9.17, 15) is 23.9 Å². The molecule has 2 N–H and O–H groups in total. The quantitative estimate of drug-likeness (QED) is 0.808. The number of hydrogen-bond donors (Lipinski definition) is 2. The molecule has 0 aliphatic carbocycles. The molecule has 3 rings (SSSR count). The molecule has 2 aromatic carbocycles. The normalized spacial score (nSPS) is 15.7. The van der Waals surface area contributed by atoms with Crippen LogP contribution in [0.1, 0.15) is 41.8 Å². The van der Waals surface area contributed by atoms with E-state index < -0.39 is 23.7 Å². The van der Waals surface area contributed by atoms with Crippen LogP contribution in [0.2, 0.25) is 0 Å². The van der Waals surface area contributed by atoms with E-state index in [4.69, 9.17) is 0 Å². The van der Waals surface area contributed by atoms with Crippen molar-refractivity contribution < 1.29 is 23.9 Å². The zero-order valence-electron chi connectivity index (χ0n) is 16.3. The Kier molecular flexibility index (Phi) is 5.96. The first kappa shape index (κ1) is 20.5. The molecule has 152 valence electrons. The van der Waals surface area contributed by atoms with E-state index in [2.05, 4.69) is 5.32 Å². The number of carboxylic acid groups (broad SMARTS) is 1. The molecule has 0 bridgehead atoms. The van der Waals surface area contributed by atoms with Crippen LogP contribution in [0.25, 0.3) is 0 Å². The van der Waals surface area contributed by atoms with Gasteiger partial charge in [-0.1, -0.05) is 38.1 Å². The molecule has 0 saturated carbocycles. The molecule has 0 saturated heterocycles. The maximum absolute atomic E-state index is 14.5. The smallest absolute Gasteiger partial charge is 0.326 e. The number of hydrogen-bond acceptors (Lipinski definition) is 3. The van der Waals surface area contributed by atoms with Gasteiger partial charge in [0.25, 0.3) is 5.91 Å². The standard InChI is InChI=1S/C22H23FN2O4/c1-13(2)9-20(26)24-18-8-7-15(10-17(18)23)21(27)25-12-16-6-4-3-5-14(16)11-19(25)22(28)29/h3-8,10,13,19H,9,11-12H2,1-2H3,(H,24,26)(H,28,29). The minimum absolute atomic E-state index is 0.00836. The average Bonchev–Trinajstić information content (AvgIpc) is 2.67. The number of halogens is 1. The van der Waals surface area contributed by atoms with Gasteiger partial charge in [0, 0.05) is 24.9 Å². The second kappa shape index (κ2) is 8.43. The summed E-state index contributed by atoms with van der Waals surface area (Å²) in [5.41, 5.74) is 1.79. The first-order chi connectivity index (χ1) is 13.8. The minimum atomic E-state index is -1.11. The molecule has 1 aliphatic rings. The third kappa shape index (κ3) is 4.62. The van der Waals surface area contributed by atoms with Crippen LogP contribution in [-0.2, 0) is 22.6 Å². The van der Waals surface area contributed by atoms with E-state index in [0.717, 1.165) is 17.2 Å². The number of carbonyl (C=O) groups excluding carboxylic acids is 2. The zero-order valence-corrected chi connectivity index (χ0v) is 16.3. The van der Waals surface area contributed by atoms with E-state index in [1.165, 1.54) is 17.0 Å². The summed E-state index contributed by atoms with van der Waals surface area (Å²) in [4.78, 5) is 37.8. The van der Waals surface area contributed by atoms with Crippen molar-refractivity contribution in [3.63, 3.8) is 0 Å². The summed E-state index contributed by atoms with van der Waals surface area (Å²) >= 11 is 0. The van der Waals surface area contributed by atoms with Gasteiger partial charge in [-0.05, 0) is 35.2 Å². The Balaban J connectivity index is 1.83. The predicted octanol–water partition coefficient (Wildman–Crippen LogP) is 3.46. The Hall–Kier alpha value is -3.22. The van der Waals surface area contributed by atoms with Crippen LogP contribution in [0.15, 0.2) is 42.5 Å². The van der Waals surface area contributed by atoms with Crippen molar-refractivity contribution >= 4 is 23.5 Å². The molecule has 1 heterocycles. The Morgan fingerprint density at radius 2 is 1.86 bits per heavy atom. The van der Waals surface area contributed by atoms with Gasteiger partial charge >= 0.3 is 5.97 Å². The number of anilines is 1. The predicted molar refractivity (Wildman–Crippen MR) is 106 cm³/mol. The summed E-state index contributed by atoms with van der Waals surface area (Å²) < 4.78 is 14.5. The number of carbonyl (C=O) groups is 3. The Morgan fingerprint density at radius 3 is 2.48 bits per heavy atom. The number of nitrogens with one attached hydrogen (secondary N) is 1. The average molecular weight is 398 g/mol. The maximum Gasteiger partial charge on any atom is 0.326 e. The molecule has 2 aromatic rings. The molecular formula is C22H23FN2O4. The van der Waals surface area contributed by atoms with E-state index >= 15 is 0 Å². The number of aliphatic carboxylic acids is 1. The number of nitrogens with zero attached hydrogens (tertiary/aromatic N) is 1. The van der Waals surface area contributed by atoms with Gasteiger partial charge in [0.05, 0.1) is 5.69 Å². The highest BCUT2D eigenvalue weighted by Gasteiger charge is 2.35. The molecule has 0 spiro atoms. The molecule has 1 unspecified atom stereocenters. The number of carboxylic acids is 1. The summed E-state index contributed by atoms with van der Waals surface area (Å²) in [5, 5.41) is 12.1. The lowest BCUT2D eigenvalue weighted by molar-refractivity contribution is -0.142. The molecule has 1 atom stereocenters. The second-order valence-corrected chi connectivity index (χ2v) is 7.60. The molecule has 6 nitrogen and oxygen atoms in total. The fraction of sp³-hybridized carbons (Fsp3) is 0.318. The van der Waals surface area contributed by atoms with Gasteiger partial charge in [0.15, 0.2) is 0 Å². The van der Waals surface area contributed by atoms with Gasteiger partial charge in [0.2, 0.25) is 5.91 Å². The van der Waals surface area contributed by atoms with Gasteiger partial charge in [0.1, 0.15) is 11.9 Å². The van der Waals surface area contributed by atoms with Crippen molar-refractivity contribution in [2.45, 2.75) is 39.3 Å². The van der Waals surface area contributed by atoms with Crippen molar-refractivity contribution in [2.75, 3.05) is 5.32 Å². The summed E-state index contributed by atoms with van der Waals surface area (Å²) in [6.45, 7) is 3.90. The Labute approximate surface area is 168 Å². The first-order valence-electron chi connectivity index (χ1n) is 9.46. The van der Waals surface area contributed by atoms with Crippen LogP contribution in [0.5, 0.6) is 0 Å². The van der Waals surface area contributed by atoms with Crippen LogP contribution < -0.4 is 5.32 Å². The highest BCUT2D eigenvalue weighted by Crippen LogP contribution is 2.26. The fourth-order valence-electron chi connectivity index (χ4n) is 3.44. The number of benzene rings is 2. The maximum atomic E-state index is 14.5. The lowest BCUT2D eigenvalue weighted by atomic mass is 9.93. The Bertz CT molecular complexity index is 958. The number of fused-ring (bicyclic) bond motifs is 1. The summed E-state index contributed by atoms with van der Waals surface area (Å²) in [5.74, 6) is -2.58. The monoisotopic (exact) mass is 398 g/mol. The van der Waals surface area contributed by atoms with E-state index in [1.54, 1.807) is 0 Å². The molecule has 7 heteroatoms. The fourth-order valence-corrected chi connectivity index (χ4v) is 3.44. The first-order valence-corrected chi connectivity index (χ1v) is 9.46. The number of rotatable bonds is 5. The van der Waals surface area contributed by atoms with Crippen molar-refractivity contribution in [1.29, 1.82) is 0 Å². The van der Waals surface area contributed by atoms with Gasteiger partial charge in [-0.15, -0.1) is 0 Å². The van der Waals surface area contributed by atoms with Crippen molar-refractivity contribution in [3.05, 3.63) is 65.0 Å². The van der Waals surface area contributed by atoms with Crippen molar-refractivity contribution in [2.24, 2.45) is 5.92 Å². The van der Waals surface area contributed by atoms with Gasteiger partial charge < -0.3 is 15.3 Å². The third-order valence-electron chi connectivity index (χ3n) is 4.88. The zero-order chi connectivity index (χ0) is 21.1. The van der Waals surface area contributed by atoms with Gasteiger partial charge in [-0.3, -0.25) is 9.59 Å². The highest BCUT2D eigenvalue weighted by atomic mass is 19.1. The van der Waals surface area contributed by atoms with Crippen molar-refractivity contribution in [1.82, 2.24) is 4.90 Å². The van der Waals surface area contributed by atoms with Crippen LogP contribution >= 0.6 is 0 Å². The Morgan fingerprint density at radius 1 is 1.17 bits per heavy atom. The highest BCUT2D eigenvalue weighted by molar-refractivity contribution is 5.98. The topological polar surface area (TPSA) is 86.7 Å². The lowest BCUT2D eigenvalue weighted by Gasteiger charge is -2.34. The van der Waals surface area contributed by atoms with Crippen LogP contribution in [0, 0.1) is 11.7 Å². The number of amides is 2. The molecule has 0 aromatic heterocycles. The van der Waals surface area contributed by atoms with Crippen LogP contribution in [0.3, 0.4) is 0 Å². The van der Waals surface area contributed by atoms with Crippen LogP contribution in [0.4, 0.5) is 10.1 Å². The van der Waals surface area contributed by atoms with Gasteiger partial charge in [-0.2, -0.15) is 0 Å². The minimum Gasteiger partial charge on any atom is -0.480 e. The van der Waals surface area contributed by atoms with E-state index in [1.807, 2.05) is 38.1 Å². The molecule has 2 amide bonds. The molecular weight excluding hydrogens is 375 g/mol. The summed E-state index contributed by atoms with van der Waals surface area (Å²) in [6, 6.07) is 10.1. The third-order valence-corrected chi connectivity index (χ3v) is 4.88. The van der Waals surface area contributed by atoms with Crippen LogP contribution in [-0.4, -0.2) is 33.8 Å². The second-order valence-electron chi connectivity index (χ2n) is 7.60. The SMILES string of the molecule is CC(C)CC(=O)Nc1ccc(C(=O)N2Cc3ccccc3CC2C(=O)O)cc1F. The van der Waals surface area contributed by atoms with E-state index in [-0.39, 0.29) is 42.5 Å². The molecule has 29 heavy (non-hydrogen) atoms. The van der Waals surface area contributed by atoms with Crippen molar-refractivity contribution in [3.8, 4) is 0 Å². The summed E-state index contributed by atoms with van der Waals surface area (Å²) in [7, 11) is 0. The largest absolute Gasteiger partial charge is 0.480 e. The molecule has 1 aliphatic heterocycles. The van der Waals surface area contributed by atoms with E-state index in [0.29, 0.717) is 0 Å². The lowest BCUT2D eigenvalue weighted by Crippen LogP contribution is -2.48. The molecule has 0 fully saturated rings. The van der Waals surface area contributed by atoms with Gasteiger partial charge in [-0.25, -0.2) is 9.18 Å². The molecule has 0 radical (unpaired) electrons. The summed E-state index contributed by atoms with van der Waals surface area (Å²) in [6.07, 6.45) is 0.455.